The van der Waals surface area contributed by atoms with E-state index >= 15 is 0 Å². The van der Waals surface area contributed by atoms with Crippen LogP contribution in [0.3, 0.4) is 0 Å². The smallest absolute Gasteiger partial charge is 0.321 e. The predicted molar refractivity (Wildman–Crippen MR) is 118 cm³/mol. The van der Waals surface area contributed by atoms with Gasteiger partial charge in [-0.15, -0.1) is 0 Å². The quantitative estimate of drug-likeness (QED) is 0.803. The minimum Gasteiger partial charge on any atom is -0.322 e. The van der Waals surface area contributed by atoms with Crippen molar-refractivity contribution in [1.82, 2.24) is 15.1 Å². The van der Waals surface area contributed by atoms with Gasteiger partial charge in [-0.3, -0.25) is 4.90 Å². The summed E-state index contributed by atoms with van der Waals surface area (Å²) in [5.41, 5.74) is 3.99. The number of rotatable bonds is 4. The lowest BCUT2D eigenvalue weighted by Crippen LogP contribution is -2.51. The van der Waals surface area contributed by atoms with Gasteiger partial charge in [0.15, 0.2) is 0 Å². The van der Waals surface area contributed by atoms with E-state index in [2.05, 4.69) is 70.9 Å². The summed E-state index contributed by atoms with van der Waals surface area (Å²) in [5.74, 6) is 0. The molecular formula is C25H31N3O. The number of hydrogen-bond acceptors (Lipinski definition) is 2. The van der Waals surface area contributed by atoms with Gasteiger partial charge in [-0.25, -0.2) is 4.79 Å². The van der Waals surface area contributed by atoms with E-state index in [0.29, 0.717) is 0 Å². The van der Waals surface area contributed by atoms with Crippen LogP contribution in [-0.4, -0.2) is 42.0 Å². The molecular weight excluding hydrogens is 358 g/mol. The van der Waals surface area contributed by atoms with Crippen LogP contribution in [0.5, 0.6) is 0 Å². The molecule has 152 valence electrons. The summed E-state index contributed by atoms with van der Waals surface area (Å²) in [7, 11) is 0. The van der Waals surface area contributed by atoms with Crippen molar-refractivity contribution in [2.75, 3.05) is 26.2 Å². The van der Waals surface area contributed by atoms with Crippen molar-refractivity contribution >= 4 is 6.03 Å². The first kappa shape index (κ1) is 19.7. The monoisotopic (exact) mass is 389 g/mol. The van der Waals surface area contributed by atoms with E-state index in [9.17, 15) is 4.79 Å². The number of amides is 2. The molecule has 0 bridgehead atoms. The van der Waals surface area contributed by atoms with Crippen LogP contribution in [0, 0.1) is 0 Å². The molecule has 29 heavy (non-hydrogen) atoms. The average molecular weight is 390 g/mol. The Hall–Kier alpha value is -2.59. The second-order valence-corrected chi connectivity index (χ2v) is 8.06. The van der Waals surface area contributed by atoms with Crippen LogP contribution in [0.25, 0.3) is 0 Å². The highest BCUT2D eigenvalue weighted by atomic mass is 16.2. The lowest BCUT2D eigenvalue weighted by molar-refractivity contribution is 0.122. The van der Waals surface area contributed by atoms with Crippen molar-refractivity contribution in [1.29, 1.82) is 0 Å². The highest BCUT2D eigenvalue weighted by Crippen LogP contribution is 2.29. The summed E-state index contributed by atoms with van der Waals surface area (Å²) in [6.45, 7) is 3.26. The van der Waals surface area contributed by atoms with Gasteiger partial charge in [0, 0.05) is 32.4 Å². The molecule has 0 unspecified atom stereocenters. The molecule has 4 heteroatoms. The molecule has 2 fully saturated rings. The van der Waals surface area contributed by atoms with E-state index in [1.165, 1.54) is 36.0 Å². The summed E-state index contributed by atoms with van der Waals surface area (Å²) in [4.78, 5) is 17.1. The normalized spacial score (nSPS) is 18.0. The Labute approximate surface area is 174 Å². The van der Waals surface area contributed by atoms with Crippen molar-refractivity contribution in [3.8, 4) is 0 Å². The number of nitrogens with one attached hydrogen (secondary N) is 1. The Bertz CT molecular complexity index is 763. The number of benzene rings is 2. The Kier molecular flexibility index (Phi) is 6.63. The lowest BCUT2D eigenvalue weighted by Gasteiger charge is -2.39. The van der Waals surface area contributed by atoms with E-state index in [4.69, 9.17) is 0 Å². The number of allylic oxidation sites excluding steroid dienone is 1. The van der Waals surface area contributed by atoms with Crippen LogP contribution >= 0.6 is 0 Å². The molecule has 0 aromatic heterocycles. The predicted octanol–water partition coefficient (Wildman–Crippen LogP) is 4.95. The second kappa shape index (κ2) is 9.75. The van der Waals surface area contributed by atoms with Gasteiger partial charge in [-0.05, 0) is 36.8 Å². The molecule has 2 aliphatic rings. The number of urea groups is 1. The summed E-state index contributed by atoms with van der Waals surface area (Å²) < 4.78 is 0. The van der Waals surface area contributed by atoms with Crippen LogP contribution in [-0.2, 0) is 0 Å². The molecule has 1 N–H and O–H groups in total. The molecule has 0 atom stereocenters. The molecule has 1 aliphatic heterocycles. The van der Waals surface area contributed by atoms with E-state index in [1.54, 1.807) is 0 Å². The fourth-order valence-corrected chi connectivity index (χ4v) is 4.47. The molecule has 0 spiro atoms. The molecule has 4 rings (SSSR count). The maximum atomic E-state index is 12.6. The number of carbonyl (C=O) groups excluding carboxylic acids is 1. The summed E-state index contributed by atoms with van der Waals surface area (Å²) >= 11 is 0. The first-order valence-electron chi connectivity index (χ1n) is 10.9. The number of hydrogen-bond donors (Lipinski definition) is 1. The van der Waals surface area contributed by atoms with Gasteiger partial charge in [-0.2, -0.15) is 0 Å². The van der Waals surface area contributed by atoms with Crippen LogP contribution < -0.4 is 5.32 Å². The van der Waals surface area contributed by atoms with Gasteiger partial charge < -0.3 is 10.2 Å². The molecule has 2 aromatic rings. The van der Waals surface area contributed by atoms with Gasteiger partial charge in [0.1, 0.15) is 0 Å². The van der Waals surface area contributed by atoms with Gasteiger partial charge >= 0.3 is 6.03 Å². The van der Waals surface area contributed by atoms with Crippen LogP contribution in [0.1, 0.15) is 49.3 Å². The Morgan fingerprint density at radius 1 is 0.793 bits per heavy atom. The van der Waals surface area contributed by atoms with Crippen molar-refractivity contribution in [2.45, 2.75) is 38.1 Å². The highest BCUT2D eigenvalue weighted by molar-refractivity contribution is 5.75. The zero-order chi connectivity index (χ0) is 19.9. The van der Waals surface area contributed by atoms with Crippen LogP contribution in [0.15, 0.2) is 72.4 Å². The second-order valence-electron chi connectivity index (χ2n) is 8.06. The molecule has 4 nitrogen and oxygen atoms in total. The van der Waals surface area contributed by atoms with Crippen molar-refractivity contribution < 1.29 is 4.79 Å². The third-order valence-electron chi connectivity index (χ3n) is 6.09. The van der Waals surface area contributed by atoms with E-state index in [-0.39, 0.29) is 12.1 Å². The number of piperazine rings is 1. The Morgan fingerprint density at radius 2 is 1.34 bits per heavy atom. The van der Waals surface area contributed by atoms with E-state index < -0.39 is 0 Å². The van der Waals surface area contributed by atoms with Crippen molar-refractivity contribution in [3.05, 3.63) is 83.6 Å². The van der Waals surface area contributed by atoms with Crippen molar-refractivity contribution in [2.24, 2.45) is 0 Å². The fourth-order valence-electron chi connectivity index (χ4n) is 4.47. The molecule has 1 saturated heterocycles. The Morgan fingerprint density at radius 3 is 1.90 bits per heavy atom. The Balaban J connectivity index is 1.39. The zero-order valence-corrected chi connectivity index (χ0v) is 17.1. The van der Waals surface area contributed by atoms with Gasteiger partial charge in [-0.1, -0.05) is 72.7 Å². The first-order chi connectivity index (χ1) is 14.3. The molecule has 2 amide bonds. The minimum absolute atomic E-state index is 0.0405. The SMILES string of the molecule is O=C(NC=C1CCCCC1)N1CCN(C(c2ccccc2)c2ccccc2)CC1. The molecule has 1 saturated carbocycles. The van der Waals surface area contributed by atoms with Gasteiger partial charge in [0.05, 0.1) is 6.04 Å². The first-order valence-corrected chi connectivity index (χ1v) is 10.9. The van der Waals surface area contributed by atoms with Crippen LogP contribution in [0.4, 0.5) is 4.79 Å². The summed E-state index contributed by atoms with van der Waals surface area (Å²) in [6.07, 6.45) is 8.04. The topological polar surface area (TPSA) is 35.6 Å². The molecule has 1 heterocycles. The highest BCUT2D eigenvalue weighted by Gasteiger charge is 2.27. The third-order valence-corrected chi connectivity index (χ3v) is 6.09. The third kappa shape index (κ3) is 5.07. The lowest BCUT2D eigenvalue weighted by atomic mass is 9.96. The van der Waals surface area contributed by atoms with E-state index in [0.717, 1.165) is 39.0 Å². The van der Waals surface area contributed by atoms with E-state index in [1.807, 2.05) is 11.1 Å². The molecule has 1 aliphatic carbocycles. The minimum atomic E-state index is 0.0405. The van der Waals surface area contributed by atoms with Gasteiger partial charge in [0.25, 0.3) is 0 Å². The number of nitrogens with zero attached hydrogens (tertiary/aromatic N) is 2. The maximum absolute atomic E-state index is 12.6. The van der Waals surface area contributed by atoms with Crippen LogP contribution in [0.2, 0.25) is 0 Å². The molecule has 2 aromatic carbocycles. The fraction of sp³-hybridized carbons (Fsp3) is 0.400. The summed E-state index contributed by atoms with van der Waals surface area (Å²) in [6, 6.07) is 21.6. The summed E-state index contributed by atoms with van der Waals surface area (Å²) in [5, 5.41) is 3.04. The van der Waals surface area contributed by atoms with Gasteiger partial charge in [0.2, 0.25) is 0 Å². The zero-order valence-electron chi connectivity index (χ0n) is 17.1. The number of carbonyl (C=O) groups is 1. The average Bonchev–Trinajstić information content (AvgIpc) is 2.80. The van der Waals surface area contributed by atoms with Crippen molar-refractivity contribution in [3.63, 3.8) is 0 Å². The molecule has 0 radical (unpaired) electrons. The standard InChI is InChI=1S/C25H31N3O/c29-25(26-20-21-10-4-1-5-11-21)28-18-16-27(17-19-28)24(22-12-6-2-7-13-22)23-14-8-3-9-15-23/h2-3,6-9,12-15,20,24H,1,4-5,10-11,16-19H2,(H,26,29). The largest absolute Gasteiger partial charge is 0.322 e. The maximum Gasteiger partial charge on any atom is 0.321 e.